The van der Waals surface area contributed by atoms with Crippen LogP contribution >= 0.6 is 15.9 Å². The van der Waals surface area contributed by atoms with Gasteiger partial charge in [0.05, 0.1) is 5.92 Å². The predicted molar refractivity (Wildman–Crippen MR) is 111 cm³/mol. The third-order valence-electron chi connectivity index (χ3n) is 5.15. The zero-order valence-corrected chi connectivity index (χ0v) is 18.2. The van der Waals surface area contributed by atoms with Gasteiger partial charge in [-0.05, 0) is 44.1 Å². The average molecular weight is 470 g/mol. The number of halogens is 1. The predicted octanol–water partition coefficient (Wildman–Crippen LogP) is 1.59. The third kappa shape index (κ3) is 7.75. The van der Waals surface area contributed by atoms with Crippen molar-refractivity contribution in [3.8, 4) is 0 Å². The van der Waals surface area contributed by atoms with Crippen LogP contribution in [0.25, 0.3) is 0 Å². The van der Waals surface area contributed by atoms with Crippen molar-refractivity contribution in [1.29, 1.82) is 0 Å². The van der Waals surface area contributed by atoms with Crippen molar-refractivity contribution in [3.05, 3.63) is 34.3 Å². The molecule has 0 saturated carbocycles. The van der Waals surface area contributed by atoms with Crippen LogP contribution in [0.1, 0.15) is 18.4 Å². The number of likely N-dealkylation sites (N-methyl/N-ethyl adjacent to an activating group) is 1. The lowest BCUT2D eigenvalue weighted by Gasteiger charge is -2.38. The number of piperazine rings is 1. The first kappa shape index (κ1) is 23.3. The Morgan fingerprint density at radius 3 is 2.31 bits per heavy atom. The van der Waals surface area contributed by atoms with Crippen LogP contribution in [-0.2, 0) is 20.9 Å². The minimum absolute atomic E-state index is 0.180. The molecule has 0 aliphatic carbocycles. The molecule has 1 unspecified atom stereocenters. The first-order chi connectivity index (χ1) is 13.8. The highest BCUT2D eigenvalue weighted by atomic mass is 79.9. The molecule has 2 aliphatic heterocycles. The van der Waals surface area contributed by atoms with Crippen LogP contribution in [0.4, 0.5) is 0 Å². The second kappa shape index (κ2) is 11.3. The molecular weight excluding hydrogens is 442 g/mol. The van der Waals surface area contributed by atoms with E-state index in [4.69, 9.17) is 19.8 Å². The highest BCUT2D eigenvalue weighted by Crippen LogP contribution is 2.22. The first-order valence-corrected chi connectivity index (χ1v) is 10.5. The van der Waals surface area contributed by atoms with Gasteiger partial charge in [-0.3, -0.25) is 9.69 Å². The summed E-state index contributed by atoms with van der Waals surface area (Å²) in [6.07, 6.45) is 2.16. The molecule has 2 fully saturated rings. The van der Waals surface area contributed by atoms with Gasteiger partial charge in [0.1, 0.15) is 0 Å². The number of aliphatic carboxylic acids is 2. The zero-order chi connectivity index (χ0) is 21.4. The lowest BCUT2D eigenvalue weighted by Crippen LogP contribution is -2.51. The van der Waals surface area contributed by atoms with Crippen molar-refractivity contribution in [2.75, 3.05) is 46.3 Å². The fourth-order valence-corrected chi connectivity index (χ4v) is 4.03. The van der Waals surface area contributed by atoms with Gasteiger partial charge in [0, 0.05) is 43.7 Å². The Morgan fingerprint density at radius 2 is 1.72 bits per heavy atom. The number of benzene rings is 1. The Kier molecular flexibility index (Phi) is 9.06. The quantitative estimate of drug-likeness (QED) is 0.647. The van der Waals surface area contributed by atoms with Crippen LogP contribution in [0.2, 0.25) is 0 Å². The summed E-state index contributed by atoms with van der Waals surface area (Å²) in [5, 5.41) is 14.8. The molecule has 1 amide bonds. The van der Waals surface area contributed by atoms with Gasteiger partial charge in [0.25, 0.3) is 0 Å². The molecule has 2 saturated heterocycles. The normalized spacial score (nSPS) is 20.5. The van der Waals surface area contributed by atoms with E-state index in [1.165, 1.54) is 5.56 Å². The number of hydrogen-bond donors (Lipinski definition) is 2. The number of amides is 1. The third-order valence-corrected chi connectivity index (χ3v) is 5.64. The number of hydrogen-bond acceptors (Lipinski definition) is 5. The van der Waals surface area contributed by atoms with Crippen molar-refractivity contribution in [2.45, 2.75) is 19.4 Å². The highest BCUT2D eigenvalue weighted by Gasteiger charge is 2.30. The molecule has 0 aromatic heterocycles. The largest absolute Gasteiger partial charge is 0.473 e. The number of nitrogens with zero attached hydrogens (tertiary/aromatic N) is 3. The maximum absolute atomic E-state index is 12.8. The molecule has 0 bridgehead atoms. The van der Waals surface area contributed by atoms with E-state index in [0.29, 0.717) is 5.91 Å². The van der Waals surface area contributed by atoms with Gasteiger partial charge in [-0.2, -0.15) is 0 Å². The first-order valence-electron chi connectivity index (χ1n) is 9.66. The fraction of sp³-hybridized carbons (Fsp3) is 0.550. The van der Waals surface area contributed by atoms with E-state index in [-0.39, 0.29) is 5.92 Å². The number of piperidine rings is 1. The van der Waals surface area contributed by atoms with E-state index < -0.39 is 11.9 Å². The molecule has 2 aliphatic rings. The van der Waals surface area contributed by atoms with E-state index in [1.807, 2.05) is 0 Å². The SMILES string of the molecule is CN1CCN(C(=O)C2CCCN(Cc3cccc(Br)c3)C2)CC1.O=C(O)C(=O)O. The van der Waals surface area contributed by atoms with E-state index in [9.17, 15) is 4.79 Å². The monoisotopic (exact) mass is 469 g/mol. The Morgan fingerprint density at radius 1 is 1.07 bits per heavy atom. The van der Waals surface area contributed by atoms with E-state index in [2.05, 4.69) is 61.9 Å². The molecule has 1 aromatic rings. The fourth-order valence-electron chi connectivity index (χ4n) is 3.58. The Bertz CT molecular complexity index is 710. The minimum atomic E-state index is -1.82. The second-order valence-corrected chi connectivity index (χ2v) is 8.36. The van der Waals surface area contributed by atoms with Gasteiger partial charge in [-0.15, -0.1) is 0 Å². The molecule has 1 atom stereocenters. The van der Waals surface area contributed by atoms with Crippen LogP contribution in [0.5, 0.6) is 0 Å². The van der Waals surface area contributed by atoms with Crippen molar-refractivity contribution >= 4 is 33.8 Å². The van der Waals surface area contributed by atoms with Crippen LogP contribution in [0, 0.1) is 5.92 Å². The number of carbonyl (C=O) groups is 3. The van der Waals surface area contributed by atoms with Gasteiger partial charge in [0.15, 0.2) is 0 Å². The minimum Gasteiger partial charge on any atom is -0.473 e. The smallest absolute Gasteiger partial charge is 0.414 e. The van der Waals surface area contributed by atoms with Crippen LogP contribution in [0.3, 0.4) is 0 Å². The number of carbonyl (C=O) groups excluding carboxylic acids is 1. The number of likely N-dealkylation sites (tertiary alicyclic amines) is 1. The summed E-state index contributed by atoms with van der Waals surface area (Å²) in [7, 11) is 2.13. The number of carboxylic acids is 2. The topological polar surface area (TPSA) is 101 Å². The molecule has 8 nitrogen and oxygen atoms in total. The van der Waals surface area contributed by atoms with Crippen molar-refractivity contribution in [1.82, 2.24) is 14.7 Å². The van der Waals surface area contributed by atoms with Gasteiger partial charge < -0.3 is 20.0 Å². The summed E-state index contributed by atoms with van der Waals surface area (Å²) in [4.78, 5) is 37.8. The number of rotatable bonds is 3. The summed E-state index contributed by atoms with van der Waals surface area (Å²) >= 11 is 3.54. The van der Waals surface area contributed by atoms with E-state index >= 15 is 0 Å². The van der Waals surface area contributed by atoms with Crippen molar-refractivity contribution in [3.63, 3.8) is 0 Å². The maximum Gasteiger partial charge on any atom is 0.414 e. The molecule has 9 heteroatoms. The standard InChI is InChI=1S/C18H26BrN3O.C2H2O4/c1-20-8-10-22(11-9-20)18(23)16-5-3-7-21(14-16)13-15-4-2-6-17(19)12-15;3-1(4)2(5)6/h2,4,6,12,16H,3,5,7-11,13-14H2,1H3;(H,3,4)(H,5,6). The second-order valence-electron chi connectivity index (χ2n) is 7.44. The Hall–Kier alpha value is -1.97. The Balaban J connectivity index is 0.000000438. The summed E-state index contributed by atoms with van der Waals surface area (Å²) in [6.45, 7) is 6.71. The molecule has 0 radical (unpaired) electrons. The summed E-state index contributed by atoms with van der Waals surface area (Å²) < 4.78 is 1.12. The van der Waals surface area contributed by atoms with Crippen LogP contribution < -0.4 is 0 Å². The molecule has 160 valence electrons. The molecular formula is C20H28BrN3O5. The zero-order valence-electron chi connectivity index (χ0n) is 16.6. The van der Waals surface area contributed by atoms with Crippen molar-refractivity contribution in [2.24, 2.45) is 5.92 Å². The van der Waals surface area contributed by atoms with Crippen molar-refractivity contribution < 1.29 is 24.6 Å². The number of carboxylic acid groups (broad SMARTS) is 2. The van der Waals surface area contributed by atoms with E-state index in [1.54, 1.807) is 0 Å². The molecule has 3 rings (SSSR count). The molecule has 2 heterocycles. The summed E-state index contributed by atoms with van der Waals surface area (Å²) in [5.74, 6) is -3.10. The van der Waals surface area contributed by atoms with Crippen LogP contribution in [-0.4, -0.2) is 89.1 Å². The highest BCUT2D eigenvalue weighted by molar-refractivity contribution is 9.10. The summed E-state index contributed by atoms with van der Waals surface area (Å²) in [6, 6.07) is 8.47. The van der Waals surface area contributed by atoms with Gasteiger partial charge >= 0.3 is 11.9 Å². The Labute approximate surface area is 179 Å². The summed E-state index contributed by atoms with van der Waals surface area (Å²) in [5.41, 5.74) is 1.31. The lowest BCUT2D eigenvalue weighted by atomic mass is 9.95. The van der Waals surface area contributed by atoms with Gasteiger partial charge in [-0.1, -0.05) is 28.1 Å². The molecule has 1 aromatic carbocycles. The molecule has 0 spiro atoms. The van der Waals surface area contributed by atoms with Crippen LogP contribution in [0.15, 0.2) is 28.7 Å². The maximum atomic E-state index is 12.8. The average Bonchev–Trinajstić information content (AvgIpc) is 2.69. The lowest BCUT2D eigenvalue weighted by molar-refractivity contribution is -0.159. The van der Waals surface area contributed by atoms with Gasteiger partial charge in [0.2, 0.25) is 5.91 Å². The van der Waals surface area contributed by atoms with E-state index in [0.717, 1.165) is 63.1 Å². The molecule has 2 N–H and O–H groups in total. The van der Waals surface area contributed by atoms with Gasteiger partial charge in [-0.25, -0.2) is 9.59 Å². The molecule has 29 heavy (non-hydrogen) atoms.